The van der Waals surface area contributed by atoms with E-state index in [0.29, 0.717) is 0 Å². The van der Waals surface area contributed by atoms with Crippen molar-refractivity contribution in [2.75, 3.05) is 0 Å². The van der Waals surface area contributed by atoms with Gasteiger partial charge in [-0.05, 0) is 160 Å². The van der Waals surface area contributed by atoms with Crippen molar-refractivity contribution in [2.24, 2.45) is 0 Å². The molecule has 0 unspecified atom stereocenters. The second kappa shape index (κ2) is 12.4. The van der Waals surface area contributed by atoms with Gasteiger partial charge in [-0.2, -0.15) is 0 Å². The topological polar surface area (TPSA) is 0 Å². The molecular weight excluding hydrogens is 721 g/mol. The molecule has 0 bridgehead atoms. The molecule has 0 aliphatic rings. The maximum atomic E-state index is 2.55. The van der Waals surface area contributed by atoms with Crippen molar-refractivity contribution in [3.8, 4) is 33.4 Å². The van der Waals surface area contributed by atoms with Crippen molar-refractivity contribution in [3.05, 3.63) is 181 Å². The Morgan fingerprint density at radius 2 is 0.867 bits per heavy atom. The van der Waals surface area contributed by atoms with E-state index < -0.39 is 0 Å². The molecule has 0 N–H and O–H groups in total. The monoisotopic (exact) mass is 766 g/mol. The van der Waals surface area contributed by atoms with Crippen LogP contribution < -0.4 is 0 Å². The predicted molar refractivity (Wildman–Crippen MR) is 263 cm³/mol. The van der Waals surface area contributed by atoms with Crippen LogP contribution in [0.3, 0.4) is 0 Å². The molecular formula is C60H46. The first-order valence-electron chi connectivity index (χ1n) is 21.5. The van der Waals surface area contributed by atoms with E-state index >= 15 is 0 Å². The average Bonchev–Trinajstić information content (AvgIpc) is 3.76. The first kappa shape index (κ1) is 35.2. The minimum atomic E-state index is 0.0174. The Bertz CT molecular complexity index is 3680. The molecule has 286 valence electrons. The number of benzene rings is 10. The third-order valence-corrected chi connectivity index (χ3v) is 13.6. The van der Waals surface area contributed by atoms with Gasteiger partial charge in [0.05, 0.1) is 0 Å². The minimum Gasteiger partial charge on any atom is -0.0622 e. The molecule has 12 aromatic rings. The highest BCUT2D eigenvalue weighted by Gasteiger charge is 2.27. The van der Waals surface area contributed by atoms with E-state index in [9.17, 15) is 0 Å². The summed E-state index contributed by atoms with van der Waals surface area (Å²) in [6.07, 6.45) is 0. The molecule has 12 aromatic carbocycles. The molecule has 0 aromatic heterocycles. The van der Waals surface area contributed by atoms with E-state index in [0.717, 1.165) is 0 Å². The largest absolute Gasteiger partial charge is 0.0622 e. The molecule has 0 saturated carbocycles. The Balaban J connectivity index is 1.26. The standard InChI is InChI=1S/C60H46/c1-59(2,3)40-28-26-38-30-41(60(4,5)6)33-48(47(38)32-40)39-27-29-42-49(31-39)43-22-15-25-46-55(43)50(42)34-51-53(36-16-9-7-10-17-36)57-44-23-13-20-35-21-14-24-45(52(35)44)58(57)54(56(46)51)37-18-11-8-12-19-37/h7-34H,1-6H3. The van der Waals surface area contributed by atoms with E-state index in [4.69, 9.17) is 0 Å². The SMILES string of the molecule is CC(C)(C)c1cc(-c2ccc3c(c2)c2cccc4c5c(-c6ccccc6)c6c7cccc8cccc(c6c(-c6ccccc6)c5cc3c24)c87)c2cc(C(C)(C)C)ccc2c1. The van der Waals surface area contributed by atoms with E-state index in [1.807, 2.05) is 0 Å². The van der Waals surface area contributed by atoms with Crippen LogP contribution in [0.4, 0.5) is 0 Å². The predicted octanol–water partition coefficient (Wildman–Crippen LogP) is 17.4. The number of hydrogen-bond acceptors (Lipinski definition) is 0. The summed E-state index contributed by atoms with van der Waals surface area (Å²) in [5.74, 6) is 0. The quantitative estimate of drug-likeness (QED) is 0.157. The fourth-order valence-electron chi connectivity index (χ4n) is 10.7. The first-order valence-corrected chi connectivity index (χ1v) is 21.5. The van der Waals surface area contributed by atoms with Gasteiger partial charge in [-0.15, -0.1) is 0 Å². The summed E-state index contributed by atoms with van der Waals surface area (Å²) in [6, 6.07) is 64.9. The summed E-state index contributed by atoms with van der Waals surface area (Å²) >= 11 is 0. The van der Waals surface area contributed by atoms with Crippen molar-refractivity contribution >= 4 is 86.2 Å². The summed E-state index contributed by atoms with van der Waals surface area (Å²) < 4.78 is 0. The molecule has 0 heteroatoms. The highest BCUT2D eigenvalue weighted by atomic mass is 14.3. The zero-order chi connectivity index (χ0) is 40.7. The van der Waals surface area contributed by atoms with Crippen LogP contribution in [0, 0.1) is 0 Å². The van der Waals surface area contributed by atoms with E-state index in [1.54, 1.807) is 0 Å². The van der Waals surface area contributed by atoms with E-state index in [-0.39, 0.29) is 10.8 Å². The van der Waals surface area contributed by atoms with Crippen molar-refractivity contribution in [1.82, 2.24) is 0 Å². The second-order valence-corrected chi connectivity index (χ2v) is 19.2. The van der Waals surface area contributed by atoms with Gasteiger partial charge < -0.3 is 0 Å². The molecule has 0 heterocycles. The molecule has 0 nitrogen and oxygen atoms in total. The fourth-order valence-corrected chi connectivity index (χ4v) is 10.7. The number of hydrogen-bond donors (Lipinski definition) is 0. The van der Waals surface area contributed by atoms with Crippen molar-refractivity contribution in [1.29, 1.82) is 0 Å². The van der Waals surface area contributed by atoms with Gasteiger partial charge in [0.15, 0.2) is 0 Å². The van der Waals surface area contributed by atoms with Crippen LogP contribution in [-0.2, 0) is 10.8 Å². The molecule has 0 radical (unpaired) electrons. The zero-order valence-corrected chi connectivity index (χ0v) is 35.2. The number of fused-ring (bicyclic) bond motifs is 9. The highest BCUT2D eigenvalue weighted by molar-refractivity contribution is 6.44. The van der Waals surface area contributed by atoms with Gasteiger partial charge in [0.2, 0.25) is 0 Å². The summed E-state index contributed by atoms with van der Waals surface area (Å²) in [4.78, 5) is 0. The number of rotatable bonds is 3. The summed E-state index contributed by atoms with van der Waals surface area (Å²) in [5, 5.41) is 21.2. The summed E-state index contributed by atoms with van der Waals surface area (Å²) in [5.41, 5.74) is 10.5. The third-order valence-electron chi connectivity index (χ3n) is 13.6. The van der Waals surface area contributed by atoms with Crippen molar-refractivity contribution in [2.45, 2.75) is 52.4 Å². The molecule has 60 heavy (non-hydrogen) atoms. The van der Waals surface area contributed by atoms with E-state index in [1.165, 1.54) is 131 Å². The summed E-state index contributed by atoms with van der Waals surface area (Å²) in [7, 11) is 0. The molecule has 0 spiro atoms. The lowest BCUT2D eigenvalue weighted by Gasteiger charge is -2.24. The lowest BCUT2D eigenvalue weighted by atomic mass is 9.81. The maximum absolute atomic E-state index is 2.55. The Kier molecular flexibility index (Phi) is 7.27. The molecule has 0 amide bonds. The molecule has 0 aliphatic carbocycles. The molecule has 0 fully saturated rings. The van der Waals surface area contributed by atoms with Crippen LogP contribution in [0.15, 0.2) is 170 Å². The normalized spacial score (nSPS) is 12.8. The van der Waals surface area contributed by atoms with Gasteiger partial charge in [-0.25, -0.2) is 0 Å². The summed E-state index contributed by atoms with van der Waals surface area (Å²) in [6.45, 7) is 13.9. The molecule has 0 aliphatic heterocycles. The third kappa shape index (κ3) is 4.97. The second-order valence-electron chi connectivity index (χ2n) is 19.2. The maximum Gasteiger partial charge on any atom is -0.000719 e. The molecule has 12 rings (SSSR count). The van der Waals surface area contributed by atoms with Gasteiger partial charge in [-0.3, -0.25) is 0 Å². The van der Waals surface area contributed by atoms with Gasteiger partial charge in [0.25, 0.3) is 0 Å². The highest BCUT2D eigenvalue weighted by Crippen LogP contribution is 2.55. The minimum absolute atomic E-state index is 0.0174. The van der Waals surface area contributed by atoms with Crippen LogP contribution in [0.25, 0.3) is 120 Å². The van der Waals surface area contributed by atoms with Gasteiger partial charge >= 0.3 is 0 Å². The fraction of sp³-hybridized carbons (Fsp3) is 0.133. The first-order chi connectivity index (χ1) is 29.0. The average molecular weight is 767 g/mol. The van der Waals surface area contributed by atoms with Crippen LogP contribution in [0.1, 0.15) is 52.7 Å². The lowest BCUT2D eigenvalue weighted by Crippen LogP contribution is -2.12. The van der Waals surface area contributed by atoms with E-state index in [2.05, 4.69) is 211 Å². The van der Waals surface area contributed by atoms with Crippen LogP contribution in [-0.4, -0.2) is 0 Å². The molecule has 0 saturated heterocycles. The van der Waals surface area contributed by atoms with Crippen LogP contribution >= 0.6 is 0 Å². The van der Waals surface area contributed by atoms with Crippen LogP contribution in [0.5, 0.6) is 0 Å². The zero-order valence-electron chi connectivity index (χ0n) is 35.2. The van der Waals surface area contributed by atoms with Gasteiger partial charge in [0, 0.05) is 0 Å². The Labute approximate surface area is 351 Å². The van der Waals surface area contributed by atoms with Crippen LogP contribution in [0.2, 0.25) is 0 Å². The van der Waals surface area contributed by atoms with Crippen molar-refractivity contribution in [3.63, 3.8) is 0 Å². The van der Waals surface area contributed by atoms with Gasteiger partial charge in [-0.1, -0.05) is 193 Å². The molecule has 0 atom stereocenters. The Hall–Kier alpha value is -6.76. The Morgan fingerprint density at radius 1 is 0.267 bits per heavy atom. The van der Waals surface area contributed by atoms with Gasteiger partial charge in [0.1, 0.15) is 0 Å². The lowest BCUT2D eigenvalue weighted by molar-refractivity contribution is 0.589. The Morgan fingerprint density at radius 3 is 1.53 bits per heavy atom. The van der Waals surface area contributed by atoms with Crippen molar-refractivity contribution < 1.29 is 0 Å². The smallest absolute Gasteiger partial charge is 0.000719 e.